The molecule has 128 valence electrons. The van der Waals surface area contributed by atoms with Crippen LogP contribution in [0, 0.1) is 32.1 Å². The summed E-state index contributed by atoms with van der Waals surface area (Å²) in [5.41, 5.74) is 7.01. The highest BCUT2D eigenvalue weighted by atomic mass is 32.2. The van der Waals surface area contributed by atoms with Gasteiger partial charge in [0.15, 0.2) is 0 Å². The van der Waals surface area contributed by atoms with Gasteiger partial charge in [0.25, 0.3) is 0 Å². The van der Waals surface area contributed by atoms with Gasteiger partial charge >= 0.3 is 0 Å². The summed E-state index contributed by atoms with van der Waals surface area (Å²) in [6, 6.07) is 8.36. The van der Waals surface area contributed by atoms with Gasteiger partial charge in [-0.1, -0.05) is 17.8 Å². The molecule has 0 aliphatic heterocycles. The molecule has 0 unspecified atom stereocenters. The van der Waals surface area contributed by atoms with Crippen molar-refractivity contribution in [3.05, 3.63) is 51.7 Å². The van der Waals surface area contributed by atoms with Crippen LogP contribution >= 0.6 is 11.8 Å². The lowest BCUT2D eigenvalue weighted by atomic mass is 10.1. The Balaban J connectivity index is 1.68. The van der Waals surface area contributed by atoms with Crippen LogP contribution in [0.5, 0.6) is 0 Å². The van der Waals surface area contributed by atoms with Crippen molar-refractivity contribution in [3.8, 4) is 6.07 Å². The smallest absolute Gasteiger partial charge is 0.234 e. The minimum atomic E-state index is -0.0792. The summed E-state index contributed by atoms with van der Waals surface area (Å²) in [7, 11) is 0. The van der Waals surface area contributed by atoms with Gasteiger partial charge in [0.2, 0.25) is 5.91 Å². The maximum atomic E-state index is 12.3. The van der Waals surface area contributed by atoms with E-state index in [0.29, 0.717) is 10.6 Å². The Labute approximate surface area is 152 Å². The third-order valence-electron chi connectivity index (χ3n) is 4.80. The fourth-order valence-corrected chi connectivity index (χ4v) is 4.01. The SMILES string of the molecule is Cc1nc(SCC(=O)Nc2ccc3c(c2)CCC3)c(C#N)c(C)c1C. The van der Waals surface area contributed by atoms with Crippen molar-refractivity contribution in [3.63, 3.8) is 0 Å². The lowest BCUT2D eigenvalue weighted by molar-refractivity contribution is -0.113. The van der Waals surface area contributed by atoms with Gasteiger partial charge in [-0.05, 0) is 74.4 Å². The Morgan fingerprint density at radius 1 is 1.24 bits per heavy atom. The minimum Gasteiger partial charge on any atom is -0.325 e. The molecule has 0 saturated heterocycles. The largest absolute Gasteiger partial charge is 0.325 e. The van der Waals surface area contributed by atoms with E-state index in [1.807, 2.05) is 26.8 Å². The third kappa shape index (κ3) is 3.69. The number of anilines is 1. The number of rotatable bonds is 4. The molecule has 1 amide bonds. The van der Waals surface area contributed by atoms with Crippen LogP contribution in [-0.2, 0) is 17.6 Å². The zero-order chi connectivity index (χ0) is 18.0. The average Bonchev–Trinajstić information content (AvgIpc) is 3.05. The molecule has 1 aliphatic carbocycles. The monoisotopic (exact) mass is 351 g/mol. The number of nitrogens with zero attached hydrogens (tertiary/aromatic N) is 2. The lowest BCUT2D eigenvalue weighted by Gasteiger charge is -2.11. The van der Waals surface area contributed by atoms with E-state index in [4.69, 9.17) is 0 Å². The Morgan fingerprint density at radius 3 is 2.76 bits per heavy atom. The van der Waals surface area contributed by atoms with Crippen molar-refractivity contribution < 1.29 is 4.79 Å². The second-order valence-electron chi connectivity index (χ2n) is 6.41. The molecule has 0 bridgehead atoms. The first kappa shape index (κ1) is 17.5. The molecule has 1 heterocycles. The highest BCUT2D eigenvalue weighted by molar-refractivity contribution is 8.00. The minimum absolute atomic E-state index is 0.0792. The number of hydrogen-bond donors (Lipinski definition) is 1. The Bertz CT molecular complexity index is 883. The van der Waals surface area contributed by atoms with Crippen LogP contribution < -0.4 is 5.32 Å². The molecule has 0 atom stereocenters. The van der Waals surface area contributed by atoms with Crippen LogP contribution in [0.2, 0.25) is 0 Å². The van der Waals surface area contributed by atoms with Crippen LogP contribution in [0.1, 0.15) is 39.9 Å². The predicted molar refractivity (Wildman–Crippen MR) is 101 cm³/mol. The zero-order valence-electron chi connectivity index (χ0n) is 14.8. The van der Waals surface area contributed by atoms with E-state index in [9.17, 15) is 10.1 Å². The van der Waals surface area contributed by atoms with Gasteiger partial charge in [0.1, 0.15) is 11.1 Å². The molecular weight excluding hydrogens is 330 g/mol. The van der Waals surface area contributed by atoms with Gasteiger partial charge in [-0.15, -0.1) is 0 Å². The van der Waals surface area contributed by atoms with E-state index in [0.717, 1.165) is 35.3 Å². The predicted octanol–water partition coefficient (Wildman–Crippen LogP) is 4.10. The topological polar surface area (TPSA) is 65.8 Å². The maximum Gasteiger partial charge on any atom is 0.234 e. The van der Waals surface area contributed by atoms with Crippen molar-refractivity contribution in [2.24, 2.45) is 0 Å². The lowest BCUT2D eigenvalue weighted by Crippen LogP contribution is -2.14. The molecule has 2 aromatic rings. The Kier molecular flexibility index (Phi) is 5.10. The summed E-state index contributed by atoms with van der Waals surface area (Å²) in [5, 5.41) is 13.0. The normalized spacial score (nSPS) is 12.6. The molecule has 0 saturated carbocycles. The summed E-state index contributed by atoms with van der Waals surface area (Å²) in [6.07, 6.45) is 3.41. The fourth-order valence-electron chi connectivity index (χ4n) is 3.13. The quantitative estimate of drug-likeness (QED) is 0.842. The van der Waals surface area contributed by atoms with Crippen molar-refractivity contribution in [1.82, 2.24) is 4.98 Å². The third-order valence-corrected chi connectivity index (χ3v) is 5.77. The molecule has 0 radical (unpaired) electrons. The summed E-state index contributed by atoms with van der Waals surface area (Å²) in [6.45, 7) is 5.82. The van der Waals surface area contributed by atoms with E-state index >= 15 is 0 Å². The summed E-state index contributed by atoms with van der Waals surface area (Å²) in [5.74, 6) is 0.158. The number of thioether (sulfide) groups is 1. The van der Waals surface area contributed by atoms with Gasteiger partial charge in [0.05, 0.1) is 11.3 Å². The summed E-state index contributed by atoms with van der Waals surface area (Å²) in [4.78, 5) is 16.8. The molecule has 3 rings (SSSR count). The maximum absolute atomic E-state index is 12.3. The molecule has 1 N–H and O–H groups in total. The number of pyridine rings is 1. The van der Waals surface area contributed by atoms with E-state index in [1.165, 1.54) is 29.3 Å². The first-order chi connectivity index (χ1) is 12.0. The molecule has 1 aromatic carbocycles. The van der Waals surface area contributed by atoms with Crippen LogP contribution in [-0.4, -0.2) is 16.6 Å². The first-order valence-electron chi connectivity index (χ1n) is 8.42. The van der Waals surface area contributed by atoms with E-state index in [1.54, 1.807) is 0 Å². The van der Waals surface area contributed by atoms with Crippen LogP contribution in [0.15, 0.2) is 23.2 Å². The summed E-state index contributed by atoms with van der Waals surface area (Å²) < 4.78 is 0. The number of benzene rings is 1. The molecule has 4 nitrogen and oxygen atoms in total. The molecule has 1 aromatic heterocycles. The van der Waals surface area contributed by atoms with Gasteiger partial charge in [-0.3, -0.25) is 4.79 Å². The molecule has 5 heteroatoms. The van der Waals surface area contributed by atoms with Crippen molar-refractivity contribution in [2.75, 3.05) is 11.1 Å². The highest BCUT2D eigenvalue weighted by Crippen LogP contribution is 2.27. The molecular formula is C20H21N3OS. The van der Waals surface area contributed by atoms with E-state index in [2.05, 4.69) is 28.5 Å². The van der Waals surface area contributed by atoms with Gasteiger partial charge in [0, 0.05) is 11.4 Å². The second-order valence-corrected chi connectivity index (χ2v) is 7.38. The number of aryl methyl sites for hydroxylation is 3. The number of nitrogens with one attached hydrogen (secondary N) is 1. The number of amides is 1. The number of carbonyl (C=O) groups is 1. The number of fused-ring (bicyclic) bond motifs is 1. The van der Waals surface area contributed by atoms with Crippen molar-refractivity contribution in [1.29, 1.82) is 5.26 Å². The van der Waals surface area contributed by atoms with Crippen LogP contribution in [0.4, 0.5) is 5.69 Å². The number of carbonyl (C=O) groups excluding carboxylic acids is 1. The molecule has 1 aliphatic rings. The zero-order valence-corrected chi connectivity index (χ0v) is 15.6. The van der Waals surface area contributed by atoms with Gasteiger partial charge < -0.3 is 5.32 Å². The average molecular weight is 351 g/mol. The number of nitriles is 1. The fraction of sp³-hybridized carbons (Fsp3) is 0.350. The van der Waals surface area contributed by atoms with Gasteiger partial charge in [-0.2, -0.15) is 5.26 Å². The molecule has 0 fully saturated rings. The standard InChI is InChI=1S/C20H21N3OS/c1-12-13(2)18(10-21)20(22-14(12)3)25-11-19(24)23-17-8-7-15-5-4-6-16(15)9-17/h7-9H,4-6,11H2,1-3H3,(H,23,24). The molecule has 0 spiro atoms. The first-order valence-corrected chi connectivity index (χ1v) is 9.40. The Hall–Kier alpha value is -2.32. The van der Waals surface area contributed by atoms with Crippen LogP contribution in [0.3, 0.4) is 0 Å². The van der Waals surface area contributed by atoms with E-state index < -0.39 is 0 Å². The van der Waals surface area contributed by atoms with Crippen LogP contribution in [0.25, 0.3) is 0 Å². The van der Waals surface area contributed by atoms with Crippen molar-refractivity contribution in [2.45, 2.75) is 45.1 Å². The summed E-state index contributed by atoms with van der Waals surface area (Å²) >= 11 is 1.32. The Morgan fingerprint density at radius 2 is 2.00 bits per heavy atom. The number of hydrogen-bond acceptors (Lipinski definition) is 4. The number of aromatic nitrogens is 1. The van der Waals surface area contributed by atoms with Gasteiger partial charge in [-0.25, -0.2) is 4.98 Å². The second kappa shape index (κ2) is 7.28. The molecule has 25 heavy (non-hydrogen) atoms. The van der Waals surface area contributed by atoms with Crippen molar-refractivity contribution >= 4 is 23.4 Å². The highest BCUT2D eigenvalue weighted by Gasteiger charge is 2.15. The van der Waals surface area contributed by atoms with E-state index in [-0.39, 0.29) is 11.7 Å².